The largest absolute Gasteiger partial charge is 0.329 e. The van der Waals surface area contributed by atoms with Crippen LogP contribution < -0.4 is 5.73 Å². The van der Waals surface area contributed by atoms with Crippen molar-refractivity contribution in [2.45, 2.75) is 13.1 Å². The van der Waals surface area contributed by atoms with Crippen LogP contribution in [0.25, 0.3) is 0 Å². The molecule has 2 aromatic rings. The second-order valence-corrected chi connectivity index (χ2v) is 4.61. The fourth-order valence-electron chi connectivity index (χ4n) is 2.09. The molecule has 0 bridgehead atoms. The molecule has 2 N–H and O–H groups in total. The molecule has 0 heterocycles. The van der Waals surface area contributed by atoms with E-state index in [1.54, 1.807) is 0 Å². The summed E-state index contributed by atoms with van der Waals surface area (Å²) in [5, 5.41) is 0. The third kappa shape index (κ3) is 5.29. The molecule has 2 rings (SSSR count). The van der Waals surface area contributed by atoms with Gasteiger partial charge < -0.3 is 5.73 Å². The van der Waals surface area contributed by atoms with Gasteiger partial charge in [0.1, 0.15) is 5.82 Å². The fraction of sp³-hybridized carbons (Fsp3) is 0.250. The Labute approximate surface area is 125 Å². The maximum absolute atomic E-state index is 12.9. The lowest BCUT2D eigenvalue weighted by Gasteiger charge is -2.21. The first kappa shape index (κ1) is 16.6. The highest BCUT2D eigenvalue weighted by atomic mass is 35.5. The molecule has 0 saturated heterocycles. The standard InChI is InChI=1S/C16H19FN2.ClH/c17-16-8-6-15(7-9-16)13-19(11-10-18)12-14-4-2-1-3-5-14;/h1-9H,10-13,18H2;1H. The van der Waals surface area contributed by atoms with Gasteiger partial charge in [-0.3, -0.25) is 4.90 Å². The summed E-state index contributed by atoms with van der Waals surface area (Å²) in [7, 11) is 0. The zero-order chi connectivity index (χ0) is 13.5. The van der Waals surface area contributed by atoms with E-state index < -0.39 is 0 Å². The van der Waals surface area contributed by atoms with Crippen LogP contribution in [0.1, 0.15) is 11.1 Å². The van der Waals surface area contributed by atoms with Crippen molar-refractivity contribution in [2.75, 3.05) is 13.1 Å². The molecule has 0 radical (unpaired) electrons. The summed E-state index contributed by atoms with van der Waals surface area (Å²) in [6.45, 7) is 3.09. The first-order chi connectivity index (χ1) is 9.28. The minimum absolute atomic E-state index is 0. The van der Waals surface area contributed by atoms with Crippen LogP contribution in [-0.4, -0.2) is 18.0 Å². The van der Waals surface area contributed by atoms with Gasteiger partial charge in [-0.1, -0.05) is 42.5 Å². The van der Waals surface area contributed by atoms with E-state index in [0.717, 1.165) is 25.2 Å². The molecule has 0 atom stereocenters. The number of halogens is 2. The Morgan fingerprint density at radius 3 is 1.95 bits per heavy atom. The molecule has 0 saturated carbocycles. The topological polar surface area (TPSA) is 29.3 Å². The third-order valence-electron chi connectivity index (χ3n) is 3.01. The highest BCUT2D eigenvalue weighted by molar-refractivity contribution is 5.85. The molecule has 0 aliphatic carbocycles. The zero-order valence-electron chi connectivity index (χ0n) is 11.3. The summed E-state index contributed by atoms with van der Waals surface area (Å²) >= 11 is 0. The minimum Gasteiger partial charge on any atom is -0.329 e. The van der Waals surface area contributed by atoms with Gasteiger partial charge in [0.05, 0.1) is 0 Å². The number of benzene rings is 2. The molecule has 0 unspecified atom stereocenters. The Balaban J connectivity index is 0.00000200. The number of hydrogen-bond acceptors (Lipinski definition) is 2. The van der Waals surface area contributed by atoms with Crippen molar-refractivity contribution in [1.82, 2.24) is 4.90 Å². The molecular formula is C16H20ClFN2. The molecule has 0 spiro atoms. The molecule has 2 nitrogen and oxygen atoms in total. The maximum atomic E-state index is 12.9. The highest BCUT2D eigenvalue weighted by Crippen LogP contribution is 2.10. The normalized spacial score (nSPS) is 10.3. The maximum Gasteiger partial charge on any atom is 0.123 e. The van der Waals surface area contributed by atoms with E-state index in [9.17, 15) is 4.39 Å². The molecule has 20 heavy (non-hydrogen) atoms. The monoisotopic (exact) mass is 294 g/mol. The van der Waals surface area contributed by atoms with E-state index in [4.69, 9.17) is 5.73 Å². The summed E-state index contributed by atoms with van der Waals surface area (Å²) < 4.78 is 12.9. The lowest BCUT2D eigenvalue weighted by molar-refractivity contribution is 0.264. The van der Waals surface area contributed by atoms with Crippen LogP contribution in [0.15, 0.2) is 54.6 Å². The molecule has 0 fully saturated rings. The Kier molecular flexibility index (Phi) is 7.23. The number of hydrogen-bond donors (Lipinski definition) is 1. The summed E-state index contributed by atoms with van der Waals surface area (Å²) in [6, 6.07) is 16.9. The van der Waals surface area contributed by atoms with E-state index in [2.05, 4.69) is 17.0 Å². The minimum atomic E-state index is -0.197. The first-order valence-electron chi connectivity index (χ1n) is 6.49. The molecule has 4 heteroatoms. The van der Waals surface area contributed by atoms with Gasteiger partial charge in [-0.05, 0) is 23.3 Å². The number of nitrogens with zero attached hydrogens (tertiary/aromatic N) is 1. The van der Waals surface area contributed by atoms with Crippen molar-refractivity contribution in [1.29, 1.82) is 0 Å². The van der Waals surface area contributed by atoms with Crippen LogP contribution in [0.3, 0.4) is 0 Å². The molecule has 108 valence electrons. The second kappa shape index (κ2) is 8.69. The first-order valence-corrected chi connectivity index (χ1v) is 6.49. The predicted octanol–water partition coefficient (Wildman–Crippen LogP) is 3.21. The molecular weight excluding hydrogens is 275 g/mol. The van der Waals surface area contributed by atoms with Crippen LogP contribution in [0.5, 0.6) is 0 Å². The lowest BCUT2D eigenvalue weighted by Crippen LogP contribution is -2.28. The van der Waals surface area contributed by atoms with Crippen LogP contribution in [-0.2, 0) is 13.1 Å². The highest BCUT2D eigenvalue weighted by Gasteiger charge is 2.06. The summed E-state index contributed by atoms with van der Waals surface area (Å²) in [4.78, 5) is 2.27. The molecule has 0 aromatic heterocycles. The predicted molar refractivity (Wildman–Crippen MR) is 83.3 cm³/mol. The van der Waals surface area contributed by atoms with Crippen molar-refractivity contribution in [3.05, 3.63) is 71.5 Å². The Hall–Kier alpha value is -1.42. The van der Waals surface area contributed by atoms with Gasteiger partial charge in [-0.2, -0.15) is 0 Å². The lowest BCUT2D eigenvalue weighted by atomic mass is 10.1. The molecule has 0 aliphatic heterocycles. The van der Waals surface area contributed by atoms with Gasteiger partial charge in [-0.15, -0.1) is 12.4 Å². The van der Waals surface area contributed by atoms with Gasteiger partial charge in [-0.25, -0.2) is 4.39 Å². The average molecular weight is 295 g/mol. The summed E-state index contributed by atoms with van der Waals surface area (Å²) in [6.07, 6.45) is 0. The van der Waals surface area contributed by atoms with Crippen LogP contribution in [0, 0.1) is 5.82 Å². The fourth-order valence-corrected chi connectivity index (χ4v) is 2.09. The van der Waals surface area contributed by atoms with Crippen LogP contribution in [0.2, 0.25) is 0 Å². The van der Waals surface area contributed by atoms with Gasteiger partial charge in [0.15, 0.2) is 0 Å². The quantitative estimate of drug-likeness (QED) is 0.886. The van der Waals surface area contributed by atoms with E-state index in [1.807, 2.05) is 30.3 Å². The van der Waals surface area contributed by atoms with Crippen molar-refractivity contribution < 1.29 is 4.39 Å². The zero-order valence-corrected chi connectivity index (χ0v) is 12.2. The van der Waals surface area contributed by atoms with Gasteiger partial charge in [0, 0.05) is 26.2 Å². The van der Waals surface area contributed by atoms with Crippen molar-refractivity contribution >= 4 is 12.4 Å². The average Bonchev–Trinajstić information content (AvgIpc) is 2.43. The molecule has 2 aromatic carbocycles. The van der Waals surface area contributed by atoms with Crippen LogP contribution >= 0.6 is 12.4 Å². The second-order valence-electron chi connectivity index (χ2n) is 4.61. The Bertz CT molecular complexity index is 488. The number of nitrogens with two attached hydrogens (primary N) is 1. The van der Waals surface area contributed by atoms with E-state index in [-0.39, 0.29) is 18.2 Å². The Morgan fingerprint density at radius 2 is 1.40 bits per heavy atom. The van der Waals surface area contributed by atoms with Crippen LogP contribution in [0.4, 0.5) is 4.39 Å². The number of rotatable bonds is 6. The van der Waals surface area contributed by atoms with Crippen molar-refractivity contribution in [2.24, 2.45) is 5.73 Å². The Morgan fingerprint density at radius 1 is 0.850 bits per heavy atom. The molecule has 0 amide bonds. The molecule has 0 aliphatic rings. The SMILES string of the molecule is Cl.NCCN(Cc1ccccc1)Cc1ccc(F)cc1. The van der Waals surface area contributed by atoms with E-state index >= 15 is 0 Å². The van der Waals surface area contributed by atoms with Crippen molar-refractivity contribution in [3.63, 3.8) is 0 Å². The van der Waals surface area contributed by atoms with Gasteiger partial charge >= 0.3 is 0 Å². The van der Waals surface area contributed by atoms with E-state index in [0.29, 0.717) is 6.54 Å². The van der Waals surface area contributed by atoms with Gasteiger partial charge in [0.25, 0.3) is 0 Å². The summed E-state index contributed by atoms with van der Waals surface area (Å²) in [5.41, 5.74) is 8.02. The van der Waals surface area contributed by atoms with Crippen molar-refractivity contribution in [3.8, 4) is 0 Å². The smallest absolute Gasteiger partial charge is 0.123 e. The van der Waals surface area contributed by atoms with E-state index in [1.165, 1.54) is 17.7 Å². The third-order valence-corrected chi connectivity index (χ3v) is 3.01. The van der Waals surface area contributed by atoms with Gasteiger partial charge in [0.2, 0.25) is 0 Å². The summed E-state index contributed by atoms with van der Waals surface area (Å²) in [5.74, 6) is -0.197.